The van der Waals surface area contributed by atoms with Crippen LogP contribution >= 0.6 is 37.2 Å². The Hall–Kier alpha value is 0.540. The minimum atomic E-state index is 0.175. The van der Waals surface area contributed by atoms with Crippen LogP contribution in [0.1, 0.15) is 6.92 Å². The van der Waals surface area contributed by atoms with Crippen LogP contribution in [0.25, 0.3) is 0 Å². The topological polar surface area (TPSA) is 67.9 Å². The van der Waals surface area contributed by atoms with Crippen LogP contribution in [0, 0.1) is 0 Å². The number of nitrogens with zero attached hydrogens (tertiary/aromatic N) is 4. The number of halogens is 2. The molecule has 0 aliphatic rings. The Balaban J connectivity index is 0. The first-order valence-corrected chi connectivity index (χ1v) is 11.3. The van der Waals surface area contributed by atoms with Crippen molar-refractivity contribution in [3.63, 3.8) is 0 Å². The highest BCUT2D eigenvalue weighted by Crippen LogP contribution is 1.99. The number of likely N-dealkylation sites (N-methyl/N-ethyl adjacent to an activating group) is 1. The molecule has 0 amide bonds. The summed E-state index contributed by atoms with van der Waals surface area (Å²) in [6, 6.07) is 0.175. The molecule has 0 saturated heterocycles. The molecule has 0 saturated carbocycles. The van der Waals surface area contributed by atoms with E-state index in [1.807, 2.05) is 35.1 Å². The Bertz CT molecular complexity index is 195. The second-order valence-electron chi connectivity index (χ2n) is 4.16. The average molecular weight is 473 g/mol. The van der Waals surface area contributed by atoms with Crippen LogP contribution in [0.15, 0.2) is 10.5 Å². The molecule has 9 heteroatoms. The van der Waals surface area contributed by atoms with Crippen LogP contribution in [0.2, 0.25) is 0 Å². The summed E-state index contributed by atoms with van der Waals surface area (Å²) in [5, 5.41) is 18.2. The van der Waals surface area contributed by atoms with Crippen LogP contribution < -0.4 is 10.2 Å². The van der Waals surface area contributed by atoms with Crippen LogP contribution in [0.5, 0.6) is 0 Å². The number of hydrogen-bond acceptors (Lipinski definition) is 5. The molecule has 0 aromatic rings. The summed E-state index contributed by atoms with van der Waals surface area (Å²) in [6.45, 7) is 3.53. The van der Waals surface area contributed by atoms with E-state index in [0.29, 0.717) is 6.67 Å². The number of hydrogen-bond donors (Lipinski definition) is 1. The Morgan fingerprint density at radius 1 is 1.35 bits per heavy atom. The van der Waals surface area contributed by atoms with Crippen molar-refractivity contribution in [1.29, 1.82) is 0 Å². The van der Waals surface area contributed by atoms with Gasteiger partial charge in [-0.2, -0.15) is 0 Å². The maximum atomic E-state index is 9.76. The van der Waals surface area contributed by atoms with E-state index in [9.17, 15) is 5.26 Å². The third kappa shape index (κ3) is 12.8. The molecule has 0 aliphatic carbocycles. The molecule has 1 unspecified atom stereocenters. The Labute approximate surface area is 126 Å². The molecular weight excluding hydrogens is 452 g/mol. The van der Waals surface area contributed by atoms with Gasteiger partial charge in [-0.3, -0.25) is 0 Å². The first-order chi connectivity index (χ1) is 7.97. The fourth-order valence-electron chi connectivity index (χ4n) is 1.28. The van der Waals surface area contributed by atoms with Crippen LogP contribution in [-0.4, -0.2) is 57.4 Å². The molecular formula is C8H21I2N5O2. The lowest BCUT2D eigenvalue weighted by molar-refractivity contribution is -0.870. The van der Waals surface area contributed by atoms with Gasteiger partial charge in [0, 0.05) is 49.1 Å². The molecule has 1 atom stereocenters. The van der Waals surface area contributed by atoms with Crippen molar-refractivity contribution in [2.24, 2.45) is 10.5 Å². The van der Waals surface area contributed by atoms with Gasteiger partial charge in [-0.05, 0) is 26.2 Å². The molecule has 0 bridgehead atoms. The molecule has 0 fully saturated rings. The number of nitrogens with one attached hydrogen (secondary N) is 1. The van der Waals surface area contributed by atoms with Crippen molar-refractivity contribution < 1.29 is 15.1 Å². The monoisotopic (exact) mass is 473 g/mol. The predicted octanol–water partition coefficient (Wildman–Crippen LogP) is -0.314. The first-order valence-electron chi connectivity index (χ1n) is 5.02. The fraction of sp³-hybridized carbons (Fsp3) is 1.00. The molecule has 0 aromatic carbocycles. The standard InChI is InChI=1S/C8H21N5O2.I2/c1-8(6-11(2)3)13(7-12(4)5)9-10-15-14;1-2/h8,14H,6-7H2,1-5H3;/b10-9+;. The lowest BCUT2D eigenvalue weighted by atomic mass is 10.3. The van der Waals surface area contributed by atoms with Gasteiger partial charge in [0.1, 0.15) is 0 Å². The second-order valence-corrected chi connectivity index (χ2v) is 4.16. The Kier molecular flexibility index (Phi) is 15.2. The zero-order valence-electron chi connectivity index (χ0n) is 10.9. The van der Waals surface area contributed by atoms with E-state index in [1.54, 1.807) is 5.01 Å². The number of quaternary nitrogens is 1. The van der Waals surface area contributed by atoms with Gasteiger partial charge in [0.15, 0.2) is 6.67 Å². The molecule has 104 valence electrons. The normalized spacial score (nSPS) is 12.6. The van der Waals surface area contributed by atoms with Crippen LogP contribution in [0.4, 0.5) is 0 Å². The first kappa shape index (κ1) is 19.9. The minimum absolute atomic E-state index is 0.175. The smallest absolute Gasteiger partial charge is 0.170 e. The highest BCUT2D eigenvalue weighted by molar-refractivity contribution is 15.0. The zero-order valence-corrected chi connectivity index (χ0v) is 15.2. The van der Waals surface area contributed by atoms with Gasteiger partial charge >= 0.3 is 0 Å². The van der Waals surface area contributed by atoms with Crippen molar-refractivity contribution in [3.8, 4) is 0 Å². The quantitative estimate of drug-likeness (QED) is 0.181. The van der Waals surface area contributed by atoms with E-state index >= 15 is 0 Å². The van der Waals surface area contributed by atoms with E-state index < -0.39 is 0 Å². The van der Waals surface area contributed by atoms with Crippen LogP contribution in [-0.2, 0) is 4.99 Å². The van der Waals surface area contributed by atoms with E-state index in [2.05, 4.69) is 57.6 Å². The van der Waals surface area contributed by atoms with Crippen molar-refractivity contribution in [3.05, 3.63) is 0 Å². The number of rotatable bonds is 7. The van der Waals surface area contributed by atoms with Crippen molar-refractivity contribution >= 4 is 37.2 Å². The fourth-order valence-corrected chi connectivity index (χ4v) is 1.28. The summed E-state index contributed by atoms with van der Waals surface area (Å²) in [5.41, 5.74) is 0. The second kappa shape index (κ2) is 13.0. The SMILES string of the molecule is CC(CN(C)C)N(C[NH+](C)C)/N=N/O[O-].II. The molecule has 0 rings (SSSR count). The van der Waals surface area contributed by atoms with Crippen LogP contribution in [0.3, 0.4) is 0 Å². The molecule has 17 heavy (non-hydrogen) atoms. The van der Waals surface area contributed by atoms with Gasteiger partial charge in [-0.1, -0.05) is 0 Å². The van der Waals surface area contributed by atoms with Gasteiger partial charge in [0.25, 0.3) is 0 Å². The Morgan fingerprint density at radius 3 is 2.24 bits per heavy atom. The molecule has 0 spiro atoms. The van der Waals surface area contributed by atoms with Gasteiger partial charge in [-0.25, -0.2) is 5.01 Å². The Morgan fingerprint density at radius 2 is 1.88 bits per heavy atom. The van der Waals surface area contributed by atoms with Gasteiger partial charge in [0.05, 0.1) is 20.1 Å². The van der Waals surface area contributed by atoms with Gasteiger partial charge in [-0.15, -0.1) is 0 Å². The summed E-state index contributed by atoms with van der Waals surface area (Å²) >= 11 is 4.24. The molecule has 0 radical (unpaired) electrons. The highest BCUT2D eigenvalue weighted by atomic mass is 128. The summed E-state index contributed by atoms with van der Waals surface area (Å²) in [6.07, 6.45) is 0. The summed E-state index contributed by atoms with van der Waals surface area (Å²) < 4.78 is 0. The van der Waals surface area contributed by atoms with E-state index in [-0.39, 0.29) is 6.04 Å². The molecule has 7 nitrogen and oxygen atoms in total. The maximum Gasteiger partial charge on any atom is 0.170 e. The van der Waals surface area contributed by atoms with E-state index in [1.165, 1.54) is 4.90 Å². The highest BCUT2D eigenvalue weighted by Gasteiger charge is 2.15. The summed E-state index contributed by atoms with van der Waals surface area (Å²) in [4.78, 5) is 6.60. The third-order valence-electron chi connectivity index (χ3n) is 1.80. The lowest BCUT2D eigenvalue weighted by Gasteiger charge is -2.27. The van der Waals surface area contributed by atoms with E-state index in [0.717, 1.165) is 6.54 Å². The minimum Gasteiger partial charge on any atom is -0.636 e. The van der Waals surface area contributed by atoms with Crippen molar-refractivity contribution in [2.75, 3.05) is 41.4 Å². The van der Waals surface area contributed by atoms with E-state index in [4.69, 9.17) is 0 Å². The van der Waals surface area contributed by atoms with Gasteiger partial charge < -0.3 is 20.0 Å². The van der Waals surface area contributed by atoms with Crippen molar-refractivity contribution in [1.82, 2.24) is 9.91 Å². The molecule has 0 heterocycles. The van der Waals surface area contributed by atoms with Gasteiger partial charge in [0.2, 0.25) is 0 Å². The zero-order chi connectivity index (χ0) is 13.8. The average Bonchev–Trinajstić information content (AvgIpc) is 2.25. The molecule has 0 aromatic heterocycles. The molecule has 0 aliphatic heterocycles. The van der Waals surface area contributed by atoms with Crippen molar-refractivity contribution in [2.45, 2.75) is 13.0 Å². The summed E-state index contributed by atoms with van der Waals surface area (Å²) in [7, 11) is 7.97. The predicted molar refractivity (Wildman–Crippen MR) is 81.5 cm³/mol. The summed E-state index contributed by atoms with van der Waals surface area (Å²) in [5.74, 6) is 0. The molecule has 1 N–H and O–H groups in total. The maximum absolute atomic E-state index is 9.76. The third-order valence-corrected chi connectivity index (χ3v) is 1.80. The largest absolute Gasteiger partial charge is 0.636 e. The lowest BCUT2D eigenvalue weighted by Crippen LogP contribution is -3.07.